The zero-order chi connectivity index (χ0) is 12.0. The molecule has 86 valence electrons. The van der Waals surface area contributed by atoms with Crippen LogP contribution in [0.3, 0.4) is 0 Å². The van der Waals surface area contributed by atoms with Gasteiger partial charge in [0.05, 0.1) is 17.1 Å². The summed E-state index contributed by atoms with van der Waals surface area (Å²) in [5, 5.41) is 8.30. The van der Waals surface area contributed by atoms with Gasteiger partial charge in [0.2, 0.25) is 0 Å². The lowest BCUT2D eigenvalue weighted by Crippen LogP contribution is -2.00. The first-order valence-electron chi connectivity index (χ1n) is 4.79. The van der Waals surface area contributed by atoms with E-state index in [-0.39, 0.29) is 10.2 Å². The molecule has 0 aliphatic rings. The van der Waals surface area contributed by atoms with Gasteiger partial charge < -0.3 is 4.74 Å². The van der Waals surface area contributed by atoms with Gasteiger partial charge in [-0.1, -0.05) is 0 Å². The smallest absolute Gasteiger partial charge is 0.169 e. The largest absolute Gasteiger partial charge is 0.489 e. The van der Waals surface area contributed by atoms with Gasteiger partial charge in [0, 0.05) is 12.5 Å². The normalized spacial score (nSPS) is 9.88. The van der Waals surface area contributed by atoms with Crippen LogP contribution in [0.25, 0.3) is 0 Å². The third-order valence-corrected chi connectivity index (χ3v) is 2.48. The van der Waals surface area contributed by atoms with E-state index in [0.29, 0.717) is 25.9 Å². The highest BCUT2D eigenvalue weighted by Gasteiger charge is 2.10. The molecule has 0 saturated heterocycles. The van der Waals surface area contributed by atoms with Gasteiger partial charge in [0.1, 0.15) is 5.82 Å². The number of nitrogens with zero attached hydrogens (tertiary/aromatic N) is 1. The van der Waals surface area contributed by atoms with E-state index >= 15 is 0 Å². The predicted octanol–water partition coefficient (Wildman–Crippen LogP) is 3.80. The molecule has 0 spiro atoms. The molecule has 5 heteroatoms. The molecule has 0 amide bonds. The van der Waals surface area contributed by atoms with Crippen LogP contribution in [0, 0.1) is 23.0 Å². The number of rotatable bonds is 5. The SMILES string of the molecule is N#CCCCCOc1c(F)cc(F)cc1Br. The van der Waals surface area contributed by atoms with Crippen molar-refractivity contribution in [1.82, 2.24) is 0 Å². The highest BCUT2D eigenvalue weighted by molar-refractivity contribution is 9.10. The van der Waals surface area contributed by atoms with Crippen molar-refractivity contribution in [3.63, 3.8) is 0 Å². The van der Waals surface area contributed by atoms with Gasteiger partial charge in [0.25, 0.3) is 0 Å². The summed E-state index contributed by atoms with van der Waals surface area (Å²) >= 11 is 3.02. The summed E-state index contributed by atoms with van der Waals surface area (Å²) in [6.45, 7) is 0.308. The van der Waals surface area contributed by atoms with E-state index in [1.54, 1.807) is 0 Å². The molecule has 2 nitrogen and oxygen atoms in total. The molecule has 0 fully saturated rings. The van der Waals surface area contributed by atoms with E-state index in [4.69, 9.17) is 10.00 Å². The van der Waals surface area contributed by atoms with E-state index in [2.05, 4.69) is 15.9 Å². The summed E-state index contributed by atoms with van der Waals surface area (Å²) < 4.78 is 31.4. The van der Waals surface area contributed by atoms with Crippen LogP contribution in [0.15, 0.2) is 16.6 Å². The Balaban J connectivity index is 2.51. The van der Waals surface area contributed by atoms with Crippen molar-refractivity contribution in [2.24, 2.45) is 0 Å². The Kier molecular flexibility index (Phi) is 5.20. The molecule has 0 atom stereocenters. The summed E-state index contributed by atoms with van der Waals surface area (Å²) in [6, 6.07) is 3.93. The fourth-order valence-electron chi connectivity index (χ4n) is 1.15. The molecule has 0 radical (unpaired) electrons. The molecule has 0 heterocycles. The first-order valence-corrected chi connectivity index (χ1v) is 5.58. The summed E-state index contributed by atoms with van der Waals surface area (Å²) in [5.74, 6) is -1.37. The second-order valence-electron chi connectivity index (χ2n) is 3.16. The van der Waals surface area contributed by atoms with Gasteiger partial charge in [-0.2, -0.15) is 5.26 Å². The van der Waals surface area contributed by atoms with Crippen molar-refractivity contribution in [2.75, 3.05) is 6.61 Å². The van der Waals surface area contributed by atoms with Crippen LogP contribution in [0.2, 0.25) is 0 Å². The Morgan fingerprint density at radius 2 is 2.06 bits per heavy atom. The lowest BCUT2D eigenvalue weighted by Gasteiger charge is -2.08. The maximum Gasteiger partial charge on any atom is 0.169 e. The van der Waals surface area contributed by atoms with Crippen molar-refractivity contribution in [1.29, 1.82) is 5.26 Å². The minimum atomic E-state index is -0.729. The predicted molar refractivity (Wildman–Crippen MR) is 59.0 cm³/mol. The van der Waals surface area contributed by atoms with Gasteiger partial charge in [-0.15, -0.1) is 0 Å². The van der Waals surface area contributed by atoms with E-state index in [0.717, 1.165) is 12.1 Å². The summed E-state index contributed by atoms with van der Waals surface area (Å²) in [4.78, 5) is 0. The van der Waals surface area contributed by atoms with Crippen molar-refractivity contribution < 1.29 is 13.5 Å². The number of nitriles is 1. The lowest BCUT2D eigenvalue weighted by atomic mass is 10.2. The quantitative estimate of drug-likeness (QED) is 0.773. The number of hydrogen-bond acceptors (Lipinski definition) is 2. The molecule has 1 rings (SSSR count). The third kappa shape index (κ3) is 3.78. The Bertz CT molecular complexity index is 380. The van der Waals surface area contributed by atoms with Crippen molar-refractivity contribution in [3.05, 3.63) is 28.2 Å². The Morgan fingerprint density at radius 3 is 2.69 bits per heavy atom. The topological polar surface area (TPSA) is 33.0 Å². The minimum Gasteiger partial charge on any atom is -0.489 e. The highest BCUT2D eigenvalue weighted by atomic mass is 79.9. The number of ether oxygens (including phenoxy) is 1. The molecule has 0 aliphatic heterocycles. The van der Waals surface area contributed by atoms with E-state index < -0.39 is 11.6 Å². The van der Waals surface area contributed by atoms with Crippen molar-refractivity contribution >= 4 is 15.9 Å². The van der Waals surface area contributed by atoms with Gasteiger partial charge in [-0.05, 0) is 34.8 Å². The average molecular weight is 290 g/mol. The second kappa shape index (κ2) is 6.44. The van der Waals surface area contributed by atoms with Crippen LogP contribution in [-0.4, -0.2) is 6.61 Å². The monoisotopic (exact) mass is 289 g/mol. The number of unbranched alkanes of at least 4 members (excludes halogenated alkanes) is 2. The molecule has 0 aromatic heterocycles. The van der Waals surface area contributed by atoms with E-state index in [9.17, 15) is 8.78 Å². The van der Waals surface area contributed by atoms with Crippen LogP contribution in [0.5, 0.6) is 5.75 Å². The first kappa shape index (κ1) is 12.9. The van der Waals surface area contributed by atoms with Crippen molar-refractivity contribution in [2.45, 2.75) is 19.3 Å². The molecule has 0 unspecified atom stereocenters. The standard InChI is InChI=1S/C11H10BrF2NO/c12-9-6-8(13)7-10(14)11(9)16-5-3-1-2-4-15/h6-7H,1-3,5H2. The average Bonchev–Trinajstić information content (AvgIpc) is 2.20. The molecule has 0 N–H and O–H groups in total. The molecule has 0 aliphatic carbocycles. The Labute approximate surface area is 101 Å². The number of benzene rings is 1. The third-order valence-electron chi connectivity index (χ3n) is 1.89. The highest BCUT2D eigenvalue weighted by Crippen LogP contribution is 2.29. The molecule has 16 heavy (non-hydrogen) atoms. The number of hydrogen-bond donors (Lipinski definition) is 0. The minimum absolute atomic E-state index is 0.0124. The van der Waals surface area contributed by atoms with Crippen LogP contribution in [0.4, 0.5) is 8.78 Å². The van der Waals surface area contributed by atoms with Gasteiger partial charge >= 0.3 is 0 Å². The zero-order valence-electron chi connectivity index (χ0n) is 8.47. The van der Waals surface area contributed by atoms with Gasteiger partial charge in [-0.3, -0.25) is 0 Å². The summed E-state index contributed by atoms with van der Waals surface area (Å²) in [6.07, 6.45) is 1.82. The molecule has 1 aromatic rings. The summed E-state index contributed by atoms with van der Waals surface area (Å²) in [7, 11) is 0. The van der Waals surface area contributed by atoms with Crippen molar-refractivity contribution in [3.8, 4) is 11.8 Å². The molecule has 0 saturated carbocycles. The van der Waals surface area contributed by atoms with Gasteiger partial charge in [-0.25, -0.2) is 8.78 Å². The van der Waals surface area contributed by atoms with Crippen LogP contribution in [0.1, 0.15) is 19.3 Å². The van der Waals surface area contributed by atoms with E-state index in [1.807, 2.05) is 6.07 Å². The first-order chi connectivity index (χ1) is 7.65. The van der Waals surface area contributed by atoms with Crippen LogP contribution < -0.4 is 4.74 Å². The molecular formula is C11H10BrF2NO. The molecule has 0 bridgehead atoms. The number of halogens is 3. The van der Waals surface area contributed by atoms with E-state index in [1.165, 1.54) is 0 Å². The Hall–Kier alpha value is -1.15. The molecular weight excluding hydrogens is 280 g/mol. The Morgan fingerprint density at radius 1 is 1.31 bits per heavy atom. The fraction of sp³-hybridized carbons (Fsp3) is 0.364. The zero-order valence-corrected chi connectivity index (χ0v) is 10.1. The van der Waals surface area contributed by atoms with Crippen LogP contribution in [-0.2, 0) is 0 Å². The van der Waals surface area contributed by atoms with Gasteiger partial charge in [0.15, 0.2) is 11.6 Å². The fourth-order valence-corrected chi connectivity index (χ4v) is 1.67. The molecule has 1 aromatic carbocycles. The van der Waals surface area contributed by atoms with Crippen LogP contribution >= 0.6 is 15.9 Å². The maximum atomic E-state index is 13.2. The summed E-state index contributed by atoms with van der Waals surface area (Å²) in [5.41, 5.74) is 0. The lowest BCUT2D eigenvalue weighted by molar-refractivity contribution is 0.289. The maximum absolute atomic E-state index is 13.2. The second-order valence-corrected chi connectivity index (χ2v) is 4.02.